The van der Waals surface area contributed by atoms with Gasteiger partial charge in [0, 0.05) is 7.05 Å². The minimum absolute atomic E-state index is 0.119. The lowest BCUT2D eigenvalue weighted by molar-refractivity contribution is -0.556. The minimum Gasteiger partial charge on any atom is -0.304 e. The molecule has 2 aromatic heterocycles. The van der Waals surface area contributed by atoms with Gasteiger partial charge in [0.15, 0.2) is 11.2 Å². The first-order chi connectivity index (χ1) is 12.3. The first-order valence-corrected chi connectivity index (χ1v) is 7.61. The van der Waals surface area contributed by atoms with Crippen molar-refractivity contribution in [3.05, 3.63) is 74.8 Å². The zero-order valence-corrected chi connectivity index (χ0v) is 13.4. The van der Waals surface area contributed by atoms with Gasteiger partial charge in [0.2, 0.25) is 0 Å². The van der Waals surface area contributed by atoms with Gasteiger partial charge in [0.1, 0.15) is 0 Å². The molecule has 0 aliphatic rings. The van der Waals surface area contributed by atoms with E-state index in [1.165, 1.54) is 21.2 Å². The van der Waals surface area contributed by atoms with Crippen molar-refractivity contribution in [3.8, 4) is 5.69 Å². The lowest BCUT2D eigenvalue weighted by atomic mass is 10.2. The van der Waals surface area contributed by atoms with E-state index in [1.807, 2.05) is 0 Å². The first kappa shape index (κ1) is 16.1. The molecule has 2 heterocycles. The van der Waals surface area contributed by atoms with Crippen LogP contribution in [0.2, 0.25) is 0 Å². The minimum atomic E-state index is -4.47. The van der Waals surface area contributed by atoms with Crippen LogP contribution in [0.3, 0.4) is 0 Å². The number of fused-ring (bicyclic) bond motifs is 3. The lowest BCUT2D eigenvalue weighted by Crippen LogP contribution is -2.36. The average molecular weight is 361 g/mol. The summed E-state index contributed by atoms with van der Waals surface area (Å²) >= 11 is 0. The van der Waals surface area contributed by atoms with E-state index in [1.54, 1.807) is 31.3 Å². The molecule has 0 unspecified atom stereocenters. The van der Waals surface area contributed by atoms with E-state index in [0.717, 1.165) is 16.8 Å². The fourth-order valence-corrected chi connectivity index (χ4v) is 2.94. The summed E-state index contributed by atoms with van der Waals surface area (Å²) in [5.74, 6) is 0. The van der Waals surface area contributed by atoms with Gasteiger partial charge >= 0.3 is 22.8 Å². The van der Waals surface area contributed by atoms with Crippen molar-refractivity contribution >= 4 is 16.6 Å². The molecule has 0 bridgehead atoms. The van der Waals surface area contributed by atoms with Gasteiger partial charge < -0.3 is 4.57 Å². The Kier molecular flexibility index (Phi) is 3.30. The molecule has 0 amide bonds. The fourth-order valence-electron chi connectivity index (χ4n) is 2.94. The third kappa shape index (κ3) is 2.24. The van der Waals surface area contributed by atoms with E-state index in [-0.39, 0.29) is 11.2 Å². The average Bonchev–Trinajstić information content (AvgIpc) is 2.97. The number of halogens is 3. The molecular formula is C17H12F3N4O2+. The fraction of sp³-hybridized carbons (Fsp3) is 0.118. The molecule has 132 valence electrons. The molecule has 2 aromatic carbocycles. The third-order valence-electron chi connectivity index (χ3n) is 4.27. The highest BCUT2D eigenvalue weighted by molar-refractivity contribution is 5.72. The Labute approximate surface area is 143 Å². The van der Waals surface area contributed by atoms with Crippen molar-refractivity contribution in [3.63, 3.8) is 0 Å². The highest BCUT2D eigenvalue weighted by Crippen LogP contribution is 2.29. The zero-order chi connectivity index (χ0) is 18.6. The van der Waals surface area contributed by atoms with Crippen LogP contribution in [0.25, 0.3) is 22.2 Å². The van der Waals surface area contributed by atoms with Crippen LogP contribution < -0.4 is 15.6 Å². The summed E-state index contributed by atoms with van der Waals surface area (Å²) in [4.78, 5) is 25.3. The largest absolute Gasteiger partial charge is 0.416 e. The van der Waals surface area contributed by atoms with Crippen molar-refractivity contribution in [1.29, 1.82) is 0 Å². The molecule has 26 heavy (non-hydrogen) atoms. The number of aryl methyl sites for hydroxylation is 1. The second-order valence-corrected chi connectivity index (χ2v) is 5.82. The van der Waals surface area contributed by atoms with Crippen LogP contribution in [0, 0.1) is 0 Å². The Balaban J connectivity index is 2.03. The van der Waals surface area contributed by atoms with E-state index >= 15 is 0 Å². The molecule has 0 saturated heterocycles. The quantitative estimate of drug-likeness (QED) is 0.525. The normalized spacial score (nSPS) is 12.2. The van der Waals surface area contributed by atoms with Crippen molar-refractivity contribution in [2.75, 3.05) is 0 Å². The van der Waals surface area contributed by atoms with Gasteiger partial charge in [0.25, 0.3) is 0 Å². The summed E-state index contributed by atoms with van der Waals surface area (Å²) in [6, 6.07) is 11.1. The Morgan fingerprint density at radius 2 is 1.62 bits per heavy atom. The van der Waals surface area contributed by atoms with E-state index in [9.17, 15) is 22.8 Å². The highest BCUT2D eigenvalue weighted by atomic mass is 19.4. The molecule has 9 heteroatoms. The lowest BCUT2D eigenvalue weighted by Gasteiger charge is -2.05. The third-order valence-corrected chi connectivity index (χ3v) is 4.27. The predicted molar refractivity (Wildman–Crippen MR) is 87.3 cm³/mol. The van der Waals surface area contributed by atoms with Gasteiger partial charge in [-0.2, -0.15) is 13.2 Å². The predicted octanol–water partition coefficient (Wildman–Crippen LogP) is 1.77. The highest BCUT2D eigenvalue weighted by Gasteiger charge is 2.31. The number of nitrogens with zero attached hydrogens (tertiary/aromatic N) is 3. The van der Waals surface area contributed by atoms with Crippen LogP contribution in [0.4, 0.5) is 13.2 Å². The molecule has 4 aromatic rings. The summed E-state index contributed by atoms with van der Waals surface area (Å²) < 4.78 is 41.9. The number of nitrogens with one attached hydrogen (secondary N) is 1. The second-order valence-electron chi connectivity index (χ2n) is 5.82. The van der Waals surface area contributed by atoms with Gasteiger partial charge in [-0.3, -0.25) is 4.79 Å². The van der Waals surface area contributed by atoms with Crippen molar-refractivity contribution in [2.24, 2.45) is 7.05 Å². The molecule has 0 aliphatic carbocycles. The van der Waals surface area contributed by atoms with Gasteiger partial charge in [-0.25, -0.2) is 4.79 Å². The monoisotopic (exact) mass is 361 g/mol. The van der Waals surface area contributed by atoms with Crippen molar-refractivity contribution in [1.82, 2.24) is 14.5 Å². The Bertz CT molecular complexity index is 1260. The Morgan fingerprint density at radius 3 is 2.27 bits per heavy atom. The van der Waals surface area contributed by atoms with Gasteiger partial charge in [-0.15, -0.1) is 4.52 Å². The molecule has 0 radical (unpaired) electrons. The summed E-state index contributed by atoms with van der Waals surface area (Å²) in [6.45, 7) is 0. The Morgan fingerprint density at radius 1 is 0.962 bits per heavy atom. The maximum Gasteiger partial charge on any atom is 0.416 e. The number of alkyl halides is 3. The SMILES string of the molecule is Cn1c(=O)c2c(=O)n(-c3ccc(C(F)(F)F)cc3)[nH][n+]2c2ccccc21. The van der Waals surface area contributed by atoms with Crippen LogP contribution in [0.5, 0.6) is 0 Å². The molecular weight excluding hydrogens is 349 g/mol. The summed E-state index contributed by atoms with van der Waals surface area (Å²) in [5.41, 5.74) is -0.696. The molecule has 0 aliphatic heterocycles. The van der Waals surface area contributed by atoms with Crippen LogP contribution in [0.15, 0.2) is 58.1 Å². The molecule has 1 N–H and O–H groups in total. The number of benzene rings is 2. The van der Waals surface area contributed by atoms with Crippen LogP contribution in [-0.2, 0) is 13.2 Å². The van der Waals surface area contributed by atoms with Crippen LogP contribution >= 0.6 is 0 Å². The molecule has 0 atom stereocenters. The second kappa shape index (κ2) is 5.32. The number of hydrogen-bond donors (Lipinski definition) is 1. The number of hydrogen-bond acceptors (Lipinski definition) is 2. The van der Waals surface area contributed by atoms with Crippen molar-refractivity contribution < 1.29 is 17.7 Å². The standard InChI is InChI=1S/C17H11F3N4O2/c1-22-12-4-2-3-5-13(12)24-14(15(22)25)16(26)23(21-24)11-8-6-10(7-9-11)17(18,19)20/h2-9H,1H3/p+1. The number of aromatic nitrogens is 4. The summed E-state index contributed by atoms with van der Waals surface area (Å²) in [5, 5.41) is 2.78. The first-order valence-electron chi connectivity index (χ1n) is 7.61. The smallest absolute Gasteiger partial charge is 0.304 e. The van der Waals surface area contributed by atoms with Crippen LogP contribution in [-0.4, -0.2) is 14.5 Å². The zero-order valence-electron chi connectivity index (χ0n) is 13.4. The maximum atomic E-state index is 12.7. The van der Waals surface area contributed by atoms with E-state index in [0.29, 0.717) is 11.0 Å². The number of para-hydroxylation sites is 2. The van der Waals surface area contributed by atoms with Gasteiger partial charge in [-0.1, -0.05) is 22.0 Å². The maximum absolute atomic E-state index is 12.7. The topological polar surface area (TPSA) is 63.9 Å². The molecule has 6 nitrogen and oxygen atoms in total. The van der Waals surface area contributed by atoms with Gasteiger partial charge in [-0.05, 0) is 36.4 Å². The molecule has 4 rings (SSSR count). The molecule has 0 spiro atoms. The van der Waals surface area contributed by atoms with E-state index < -0.39 is 22.9 Å². The molecule has 0 fully saturated rings. The number of H-pyrrole nitrogens is 1. The van der Waals surface area contributed by atoms with Gasteiger partial charge in [0.05, 0.1) is 11.1 Å². The van der Waals surface area contributed by atoms with Crippen molar-refractivity contribution in [2.45, 2.75) is 6.18 Å². The molecule has 0 saturated carbocycles. The van der Waals surface area contributed by atoms with Crippen LogP contribution in [0.1, 0.15) is 5.56 Å². The summed E-state index contributed by atoms with van der Waals surface area (Å²) in [6.07, 6.45) is -4.47. The Hall–Kier alpha value is -3.36. The number of aromatic amines is 1. The van der Waals surface area contributed by atoms with E-state index in [4.69, 9.17) is 0 Å². The summed E-state index contributed by atoms with van der Waals surface area (Å²) in [7, 11) is 1.56. The van der Waals surface area contributed by atoms with E-state index in [2.05, 4.69) is 5.21 Å². The number of rotatable bonds is 1.